The van der Waals surface area contributed by atoms with Crippen molar-refractivity contribution in [2.45, 2.75) is 39.3 Å². The Morgan fingerprint density at radius 2 is 1.79 bits per heavy atom. The largest absolute Gasteiger partial charge is 0.444 e. The first-order valence-electron chi connectivity index (χ1n) is 4.36. The molecule has 0 rings (SSSR count). The third-order valence-electron chi connectivity index (χ3n) is 1.64. The number of carbonyl (C=O) groups is 2. The van der Waals surface area contributed by atoms with E-state index >= 15 is 0 Å². The third-order valence-corrected chi connectivity index (χ3v) is 1.64. The molecule has 0 aliphatic heterocycles. The lowest BCUT2D eigenvalue weighted by molar-refractivity contribution is -0.122. The van der Waals surface area contributed by atoms with Crippen LogP contribution in [0.25, 0.3) is 0 Å². The molecule has 0 aromatic heterocycles. The quantitative estimate of drug-likeness (QED) is 0.670. The number of nitrogens with zero attached hydrogens (tertiary/aromatic N) is 1. The Balaban J connectivity index is 4.33. The lowest BCUT2D eigenvalue weighted by Crippen LogP contribution is -2.43. The Labute approximate surface area is 84.2 Å². The maximum absolute atomic E-state index is 11.4. The van der Waals surface area contributed by atoms with Crippen LogP contribution in [0.1, 0.15) is 27.7 Å². The zero-order valence-corrected chi connectivity index (χ0v) is 9.25. The van der Waals surface area contributed by atoms with E-state index in [0.717, 1.165) is 4.90 Å². The van der Waals surface area contributed by atoms with E-state index in [4.69, 9.17) is 10.5 Å². The maximum Gasteiger partial charge on any atom is 0.410 e. The Bertz CT molecular complexity index is 233. The van der Waals surface area contributed by atoms with E-state index in [-0.39, 0.29) is 0 Å². The summed E-state index contributed by atoms with van der Waals surface area (Å²) in [6, 6.07) is -0.773. The van der Waals surface area contributed by atoms with E-state index in [2.05, 4.69) is 0 Å². The van der Waals surface area contributed by atoms with Gasteiger partial charge in [-0.3, -0.25) is 15.4 Å². The molecule has 0 heterocycles. The molecular weight excluding hydrogens is 184 g/mol. The second-order valence-corrected chi connectivity index (χ2v) is 4.13. The van der Waals surface area contributed by atoms with Crippen molar-refractivity contribution in [2.24, 2.45) is 0 Å². The summed E-state index contributed by atoms with van der Waals surface area (Å²) in [5, 5.41) is 0. The van der Waals surface area contributed by atoms with E-state index in [9.17, 15) is 9.59 Å². The molecule has 0 saturated heterocycles. The molecule has 5 nitrogen and oxygen atoms in total. The highest BCUT2D eigenvalue weighted by Crippen LogP contribution is 2.10. The SMILES string of the molecule is CC(C([NH])=O)N(C)C(=O)OC(C)(C)C. The zero-order valence-electron chi connectivity index (χ0n) is 9.25. The van der Waals surface area contributed by atoms with Gasteiger partial charge in [0.15, 0.2) is 0 Å². The Morgan fingerprint density at radius 1 is 1.36 bits per heavy atom. The highest BCUT2D eigenvalue weighted by atomic mass is 16.6. The highest BCUT2D eigenvalue weighted by molar-refractivity contribution is 5.83. The third kappa shape index (κ3) is 4.11. The van der Waals surface area contributed by atoms with Crippen molar-refractivity contribution in [1.29, 1.82) is 0 Å². The minimum atomic E-state index is -0.807. The average Bonchev–Trinajstić information content (AvgIpc) is 1.98. The van der Waals surface area contributed by atoms with Crippen LogP contribution in [0.15, 0.2) is 0 Å². The molecule has 0 aliphatic rings. The van der Waals surface area contributed by atoms with Crippen LogP contribution >= 0.6 is 0 Å². The number of carbonyl (C=O) groups excluding carboxylic acids is 2. The first-order chi connectivity index (χ1) is 6.15. The van der Waals surface area contributed by atoms with E-state index in [0.29, 0.717) is 0 Å². The highest BCUT2D eigenvalue weighted by Gasteiger charge is 2.25. The molecule has 0 saturated carbocycles. The van der Waals surface area contributed by atoms with Crippen molar-refractivity contribution in [3.63, 3.8) is 0 Å². The number of rotatable bonds is 2. The van der Waals surface area contributed by atoms with Gasteiger partial charge in [0.1, 0.15) is 11.6 Å². The summed E-state index contributed by atoms with van der Waals surface area (Å²) in [6.45, 7) is 6.71. The minimum Gasteiger partial charge on any atom is -0.444 e. The lowest BCUT2D eigenvalue weighted by atomic mass is 10.2. The van der Waals surface area contributed by atoms with Crippen LogP contribution in [0, 0.1) is 0 Å². The second-order valence-electron chi connectivity index (χ2n) is 4.13. The van der Waals surface area contributed by atoms with Crippen molar-refractivity contribution in [1.82, 2.24) is 10.6 Å². The molecule has 0 bridgehead atoms. The van der Waals surface area contributed by atoms with Crippen LogP contribution in [0.3, 0.4) is 0 Å². The maximum atomic E-state index is 11.4. The van der Waals surface area contributed by atoms with Crippen LogP contribution in [-0.4, -0.2) is 35.6 Å². The molecule has 1 unspecified atom stereocenters. The number of likely N-dealkylation sites (N-methyl/N-ethyl adjacent to an activating group) is 1. The molecule has 5 heteroatoms. The van der Waals surface area contributed by atoms with Gasteiger partial charge in [0, 0.05) is 7.05 Å². The Hall–Kier alpha value is -1.26. The van der Waals surface area contributed by atoms with E-state index in [1.165, 1.54) is 14.0 Å². The zero-order chi connectivity index (χ0) is 11.5. The van der Waals surface area contributed by atoms with Crippen LogP contribution < -0.4 is 5.73 Å². The Morgan fingerprint density at radius 3 is 2.07 bits per heavy atom. The molecule has 1 atom stereocenters. The topological polar surface area (TPSA) is 70.4 Å². The summed E-state index contributed by atoms with van der Waals surface area (Å²) < 4.78 is 5.02. The van der Waals surface area contributed by atoms with Crippen molar-refractivity contribution >= 4 is 12.0 Å². The molecule has 81 valence electrons. The van der Waals surface area contributed by atoms with Crippen molar-refractivity contribution < 1.29 is 14.3 Å². The molecule has 1 N–H and O–H groups in total. The fourth-order valence-corrected chi connectivity index (χ4v) is 0.668. The predicted molar refractivity (Wildman–Crippen MR) is 51.6 cm³/mol. The van der Waals surface area contributed by atoms with E-state index < -0.39 is 23.6 Å². The summed E-state index contributed by atoms with van der Waals surface area (Å²) in [7, 11) is 1.44. The van der Waals surface area contributed by atoms with Gasteiger partial charge in [-0.05, 0) is 27.7 Å². The van der Waals surface area contributed by atoms with Gasteiger partial charge in [-0.15, -0.1) is 0 Å². The summed E-state index contributed by atoms with van der Waals surface area (Å²) in [4.78, 5) is 23.2. The monoisotopic (exact) mass is 201 g/mol. The molecule has 1 radical (unpaired) electrons. The molecule has 0 aromatic carbocycles. The smallest absolute Gasteiger partial charge is 0.410 e. The number of hydrogen-bond donors (Lipinski definition) is 0. The summed E-state index contributed by atoms with van der Waals surface area (Å²) in [5.41, 5.74) is 6.26. The molecule has 2 amide bonds. The molecule has 0 spiro atoms. The molecule has 0 aliphatic carbocycles. The van der Waals surface area contributed by atoms with Crippen molar-refractivity contribution in [3.8, 4) is 0 Å². The van der Waals surface area contributed by atoms with E-state index in [1.54, 1.807) is 20.8 Å². The average molecular weight is 201 g/mol. The van der Waals surface area contributed by atoms with Crippen LogP contribution in [0.5, 0.6) is 0 Å². The molecule has 0 aromatic rings. The lowest BCUT2D eigenvalue weighted by Gasteiger charge is -2.26. The predicted octanol–water partition coefficient (Wildman–Crippen LogP) is 1.05. The van der Waals surface area contributed by atoms with Crippen LogP contribution in [-0.2, 0) is 9.53 Å². The van der Waals surface area contributed by atoms with Gasteiger partial charge in [-0.25, -0.2) is 4.79 Å². The summed E-state index contributed by atoms with van der Waals surface area (Å²) in [5.74, 6) is -0.807. The van der Waals surface area contributed by atoms with Crippen molar-refractivity contribution in [3.05, 3.63) is 0 Å². The van der Waals surface area contributed by atoms with Gasteiger partial charge in [-0.2, -0.15) is 0 Å². The van der Waals surface area contributed by atoms with Crippen LogP contribution in [0.2, 0.25) is 0 Å². The van der Waals surface area contributed by atoms with Gasteiger partial charge in [0.2, 0.25) is 0 Å². The van der Waals surface area contributed by atoms with Gasteiger partial charge < -0.3 is 4.74 Å². The minimum absolute atomic E-state index is 0.587. The molecule has 14 heavy (non-hydrogen) atoms. The summed E-state index contributed by atoms with van der Waals surface area (Å²) >= 11 is 0. The second kappa shape index (κ2) is 4.30. The van der Waals surface area contributed by atoms with Gasteiger partial charge in [0.05, 0.1) is 0 Å². The fourth-order valence-electron chi connectivity index (χ4n) is 0.668. The summed E-state index contributed by atoms with van der Waals surface area (Å²) in [6.07, 6.45) is -0.592. The first kappa shape index (κ1) is 12.7. The first-order valence-corrected chi connectivity index (χ1v) is 4.36. The molecule has 0 fully saturated rings. The number of ether oxygens (including phenoxy) is 1. The standard InChI is InChI=1S/C9H17N2O3/c1-6(7(10)12)11(5)8(13)14-9(2,3)4/h6,10H,1-5H3. The fraction of sp³-hybridized carbons (Fsp3) is 0.778. The normalized spacial score (nSPS) is 13.2. The van der Waals surface area contributed by atoms with Gasteiger partial charge >= 0.3 is 6.09 Å². The van der Waals surface area contributed by atoms with E-state index in [1.807, 2.05) is 0 Å². The number of hydrogen-bond acceptors (Lipinski definition) is 3. The van der Waals surface area contributed by atoms with Crippen LogP contribution in [0.4, 0.5) is 4.79 Å². The van der Waals surface area contributed by atoms with Gasteiger partial charge in [0.25, 0.3) is 5.91 Å². The number of nitrogens with one attached hydrogen (secondary N) is 1. The van der Waals surface area contributed by atoms with Gasteiger partial charge in [-0.1, -0.05) is 0 Å². The molecular formula is C9H17N2O3. The number of amides is 2. The van der Waals surface area contributed by atoms with Crippen molar-refractivity contribution in [2.75, 3.05) is 7.05 Å². The Kier molecular flexibility index (Phi) is 3.92.